The van der Waals surface area contributed by atoms with E-state index >= 15 is 0 Å². The summed E-state index contributed by atoms with van der Waals surface area (Å²) >= 11 is 0. The molecule has 4 heteroatoms. The second-order valence-corrected chi connectivity index (χ2v) is 4.02. The number of hydrogen-bond acceptors (Lipinski definition) is 4. The van der Waals surface area contributed by atoms with Crippen molar-refractivity contribution in [2.45, 2.75) is 32.8 Å². The fourth-order valence-corrected chi connectivity index (χ4v) is 0.831. The summed E-state index contributed by atoms with van der Waals surface area (Å²) in [6.45, 7) is 6.61. The van der Waals surface area contributed by atoms with E-state index in [1.54, 1.807) is 12.4 Å². The topological polar surface area (TPSA) is 46.0 Å². The average molecular weight is 194 g/mol. The minimum absolute atomic E-state index is 0.225. The van der Waals surface area contributed by atoms with Gasteiger partial charge in [0, 0.05) is 18.3 Å². The van der Waals surface area contributed by atoms with Gasteiger partial charge in [-0.1, -0.05) is 5.16 Å². The standard InChI is InChI=1S/C10H16N3O/c1-10(2,3)14-13-5-4-9-8-11-6-7-12-9/h5,7,11H,4,8H2,1-3H3/b13-5+. The maximum absolute atomic E-state index is 5.19. The van der Waals surface area contributed by atoms with Gasteiger partial charge in [0.25, 0.3) is 0 Å². The van der Waals surface area contributed by atoms with E-state index in [1.165, 1.54) is 0 Å². The Morgan fingerprint density at radius 1 is 1.71 bits per heavy atom. The lowest BCUT2D eigenvalue weighted by Gasteiger charge is -2.14. The molecule has 1 radical (unpaired) electrons. The van der Waals surface area contributed by atoms with Gasteiger partial charge in [0.15, 0.2) is 0 Å². The van der Waals surface area contributed by atoms with Gasteiger partial charge < -0.3 is 10.2 Å². The quantitative estimate of drug-likeness (QED) is 0.546. The van der Waals surface area contributed by atoms with Crippen molar-refractivity contribution >= 4 is 11.9 Å². The second-order valence-electron chi connectivity index (χ2n) is 4.02. The highest BCUT2D eigenvalue weighted by Crippen LogP contribution is 2.06. The Kier molecular flexibility index (Phi) is 3.68. The van der Waals surface area contributed by atoms with E-state index in [2.05, 4.69) is 21.7 Å². The zero-order valence-corrected chi connectivity index (χ0v) is 8.87. The number of oxime groups is 1. The molecule has 14 heavy (non-hydrogen) atoms. The molecule has 0 saturated carbocycles. The fraction of sp³-hybridized carbons (Fsp3) is 0.600. The molecule has 1 N–H and O–H groups in total. The van der Waals surface area contributed by atoms with Crippen LogP contribution in [0.1, 0.15) is 27.2 Å². The molecule has 0 amide bonds. The molecule has 0 aromatic heterocycles. The third kappa shape index (κ3) is 4.64. The Bertz CT molecular complexity index is 261. The van der Waals surface area contributed by atoms with Crippen molar-refractivity contribution in [3.8, 4) is 0 Å². The van der Waals surface area contributed by atoms with Crippen LogP contribution in [-0.2, 0) is 4.84 Å². The van der Waals surface area contributed by atoms with Gasteiger partial charge in [-0.3, -0.25) is 4.99 Å². The number of rotatable bonds is 3. The van der Waals surface area contributed by atoms with Gasteiger partial charge in [-0.2, -0.15) is 0 Å². The maximum Gasteiger partial charge on any atom is 0.129 e. The summed E-state index contributed by atoms with van der Waals surface area (Å²) < 4.78 is 0. The maximum atomic E-state index is 5.19. The van der Waals surface area contributed by atoms with Crippen LogP contribution in [0, 0.1) is 6.20 Å². The van der Waals surface area contributed by atoms with Crippen molar-refractivity contribution in [2.24, 2.45) is 10.1 Å². The molecule has 1 aliphatic rings. The summed E-state index contributed by atoms with van der Waals surface area (Å²) in [5.41, 5.74) is 0.807. The van der Waals surface area contributed by atoms with Crippen molar-refractivity contribution in [2.75, 3.05) is 6.54 Å². The van der Waals surface area contributed by atoms with Gasteiger partial charge >= 0.3 is 0 Å². The number of hydrogen-bond donors (Lipinski definition) is 1. The third-order valence-electron chi connectivity index (χ3n) is 1.43. The normalized spacial score (nSPS) is 16.6. The molecule has 0 spiro atoms. The lowest BCUT2D eigenvalue weighted by molar-refractivity contribution is 0.00171. The number of nitrogens with one attached hydrogen (secondary N) is 1. The Morgan fingerprint density at radius 2 is 2.50 bits per heavy atom. The first-order valence-electron chi connectivity index (χ1n) is 4.63. The summed E-state index contributed by atoms with van der Waals surface area (Å²) in [6, 6.07) is 0. The van der Waals surface area contributed by atoms with Gasteiger partial charge in [0.2, 0.25) is 0 Å². The Balaban J connectivity index is 2.26. The van der Waals surface area contributed by atoms with Gasteiger partial charge in [0.05, 0.1) is 18.9 Å². The Labute approximate surface area is 84.7 Å². The van der Waals surface area contributed by atoms with Crippen LogP contribution in [-0.4, -0.2) is 24.1 Å². The molecule has 0 aliphatic carbocycles. The lowest BCUT2D eigenvalue weighted by Crippen LogP contribution is -2.21. The van der Waals surface area contributed by atoms with Crippen LogP contribution < -0.4 is 5.32 Å². The lowest BCUT2D eigenvalue weighted by atomic mass is 10.2. The number of aliphatic imine (C=N–C) groups is 1. The molecule has 0 aromatic rings. The van der Waals surface area contributed by atoms with E-state index in [0.717, 1.165) is 12.3 Å². The zero-order chi connectivity index (χ0) is 10.4. The van der Waals surface area contributed by atoms with Gasteiger partial charge in [0.1, 0.15) is 5.60 Å². The predicted octanol–water partition coefficient (Wildman–Crippen LogP) is 1.50. The van der Waals surface area contributed by atoms with Gasteiger partial charge in [-0.15, -0.1) is 0 Å². The summed E-state index contributed by atoms with van der Waals surface area (Å²) in [5, 5.41) is 6.82. The third-order valence-corrected chi connectivity index (χ3v) is 1.43. The molecule has 0 aromatic carbocycles. The largest absolute Gasteiger partial charge is 0.390 e. The fourth-order valence-electron chi connectivity index (χ4n) is 0.831. The summed E-state index contributed by atoms with van der Waals surface area (Å²) in [6.07, 6.45) is 6.85. The van der Waals surface area contributed by atoms with Gasteiger partial charge in [-0.25, -0.2) is 0 Å². The second kappa shape index (κ2) is 4.79. The first-order chi connectivity index (χ1) is 6.58. The molecule has 77 valence electrons. The summed E-state index contributed by atoms with van der Waals surface area (Å²) in [7, 11) is 0. The zero-order valence-electron chi connectivity index (χ0n) is 8.87. The monoisotopic (exact) mass is 194 g/mol. The summed E-state index contributed by atoms with van der Waals surface area (Å²) in [4.78, 5) is 9.32. The molecule has 1 heterocycles. The van der Waals surface area contributed by atoms with Gasteiger partial charge in [-0.05, 0) is 20.8 Å². The summed E-state index contributed by atoms with van der Waals surface area (Å²) in [5.74, 6) is 0. The van der Waals surface area contributed by atoms with Crippen molar-refractivity contribution in [1.82, 2.24) is 5.32 Å². The molecule has 1 aliphatic heterocycles. The highest BCUT2D eigenvalue weighted by molar-refractivity contribution is 5.97. The Hall–Kier alpha value is -1.32. The molecule has 0 saturated heterocycles. The van der Waals surface area contributed by atoms with E-state index in [4.69, 9.17) is 4.84 Å². The SMILES string of the molecule is CC(C)(C)O/N=C/CC1=NC=[C]NC1. The molecule has 1 rings (SSSR count). The molecule has 0 fully saturated rings. The minimum atomic E-state index is -0.225. The molecule has 4 nitrogen and oxygen atoms in total. The van der Waals surface area contributed by atoms with Crippen LogP contribution in [0.5, 0.6) is 0 Å². The molecular weight excluding hydrogens is 178 g/mol. The van der Waals surface area contributed by atoms with Crippen molar-refractivity contribution < 1.29 is 4.84 Å². The molecule has 0 unspecified atom stereocenters. The smallest absolute Gasteiger partial charge is 0.129 e. The minimum Gasteiger partial charge on any atom is -0.390 e. The highest BCUT2D eigenvalue weighted by Gasteiger charge is 2.09. The van der Waals surface area contributed by atoms with Crippen LogP contribution in [0.2, 0.25) is 0 Å². The van der Waals surface area contributed by atoms with E-state index in [1.807, 2.05) is 20.8 Å². The molecular formula is C10H16N3O. The number of nitrogens with zero attached hydrogens (tertiary/aromatic N) is 2. The van der Waals surface area contributed by atoms with Crippen LogP contribution in [0.4, 0.5) is 0 Å². The first-order valence-corrected chi connectivity index (χ1v) is 4.63. The van der Waals surface area contributed by atoms with Crippen LogP contribution in [0.3, 0.4) is 0 Å². The Morgan fingerprint density at radius 3 is 3.07 bits per heavy atom. The highest BCUT2D eigenvalue weighted by atomic mass is 16.6. The average Bonchev–Trinajstić information content (AvgIpc) is 2.13. The molecule has 0 bridgehead atoms. The van der Waals surface area contributed by atoms with Crippen LogP contribution >= 0.6 is 0 Å². The van der Waals surface area contributed by atoms with E-state index < -0.39 is 0 Å². The van der Waals surface area contributed by atoms with Crippen molar-refractivity contribution in [3.63, 3.8) is 0 Å². The van der Waals surface area contributed by atoms with Crippen LogP contribution in [0.25, 0.3) is 0 Å². The van der Waals surface area contributed by atoms with E-state index in [9.17, 15) is 0 Å². The van der Waals surface area contributed by atoms with E-state index in [-0.39, 0.29) is 5.60 Å². The first kappa shape index (κ1) is 10.8. The van der Waals surface area contributed by atoms with Crippen LogP contribution in [0.15, 0.2) is 16.3 Å². The van der Waals surface area contributed by atoms with Crippen molar-refractivity contribution in [1.29, 1.82) is 0 Å². The van der Waals surface area contributed by atoms with Crippen molar-refractivity contribution in [3.05, 3.63) is 12.4 Å². The molecule has 0 atom stereocenters. The van der Waals surface area contributed by atoms with E-state index in [0.29, 0.717) is 6.42 Å². The predicted molar refractivity (Wildman–Crippen MR) is 57.2 cm³/mol.